The second-order valence-corrected chi connectivity index (χ2v) is 5.96. The number of carbonyl (C=O) groups excluding carboxylic acids is 1. The molecule has 1 unspecified atom stereocenters. The van der Waals surface area contributed by atoms with Crippen LogP contribution in [0.5, 0.6) is 0 Å². The van der Waals surface area contributed by atoms with Gasteiger partial charge in [0.25, 0.3) is 0 Å². The van der Waals surface area contributed by atoms with Gasteiger partial charge in [0.15, 0.2) is 0 Å². The molecule has 1 atom stereocenters. The lowest BCUT2D eigenvalue weighted by Gasteiger charge is -2.38. The van der Waals surface area contributed by atoms with Crippen molar-refractivity contribution in [2.75, 3.05) is 6.54 Å². The van der Waals surface area contributed by atoms with E-state index >= 15 is 0 Å². The average molecular weight is 262 g/mol. The molecule has 1 saturated carbocycles. The van der Waals surface area contributed by atoms with E-state index in [-0.39, 0.29) is 11.4 Å². The minimum Gasteiger partial charge on any atom is -0.467 e. The second-order valence-electron chi connectivity index (χ2n) is 5.96. The van der Waals surface area contributed by atoms with Crippen molar-refractivity contribution in [1.29, 1.82) is 0 Å². The maximum Gasteiger partial charge on any atom is 0.243 e. The summed E-state index contributed by atoms with van der Waals surface area (Å²) in [7, 11) is 0. The first-order valence-corrected chi connectivity index (χ1v) is 7.27. The Morgan fingerprint density at radius 1 is 1.53 bits per heavy atom. The van der Waals surface area contributed by atoms with Crippen molar-refractivity contribution in [2.45, 2.75) is 57.2 Å². The third-order valence-corrected chi connectivity index (χ3v) is 4.25. The first-order chi connectivity index (χ1) is 9.19. The third kappa shape index (κ3) is 2.68. The van der Waals surface area contributed by atoms with Gasteiger partial charge in [-0.1, -0.05) is 0 Å². The Bertz CT molecular complexity index is 431. The summed E-state index contributed by atoms with van der Waals surface area (Å²) in [6.07, 6.45) is 7.17. The van der Waals surface area contributed by atoms with Crippen molar-refractivity contribution in [2.24, 2.45) is 0 Å². The molecule has 0 radical (unpaired) electrons. The fourth-order valence-electron chi connectivity index (χ4n) is 2.88. The van der Waals surface area contributed by atoms with Gasteiger partial charge in [-0.2, -0.15) is 0 Å². The molecule has 1 aliphatic heterocycles. The summed E-state index contributed by atoms with van der Waals surface area (Å²) in [5.74, 6) is 1.12. The van der Waals surface area contributed by atoms with Crippen molar-refractivity contribution in [1.82, 2.24) is 10.2 Å². The lowest BCUT2D eigenvalue weighted by molar-refractivity contribution is -0.140. The highest BCUT2D eigenvalue weighted by Crippen LogP contribution is 2.32. The molecular formula is C15H22N2O2. The summed E-state index contributed by atoms with van der Waals surface area (Å²) in [4.78, 5) is 14.9. The molecule has 4 heteroatoms. The van der Waals surface area contributed by atoms with Crippen LogP contribution in [-0.4, -0.2) is 28.9 Å². The molecule has 0 bridgehead atoms. The van der Waals surface area contributed by atoms with Crippen LogP contribution in [0.2, 0.25) is 0 Å². The minimum atomic E-state index is -0.382. The lowest BCUT2D eigenvalue weighted by atomic mass is 9.89. The molecule has 3 rings (SSSR count). The Morgan fingerprint density at radius 2 is 2.37 bits per heavy atom. The molecule has 104 valence electrons. The standard InChI is InChI=1S/C15H22N2O2/c1-15(8-2-3-9-16-15)14(18)17(12-6-7-12)11-13-5-4-10-19-13/h4-5,10,12,16H,2-3,6-9,11H2,1H3. The number of amides is 1. The number of piperidine rings is 1. The summed E-state index contributed by atoms with van der Waals surface area (Å²) < 4.78 is 5.40. The fourth-order valence-corrected chi connectivity index (χ4v) is 2.88. The first-order valence-electron chi connectivity index (χ1n) is 7.27. The lowest BCUT2D eigenvalue weighted by Crippen LogP contribution is -2.58. The number of carbonyl (C=O) groups is 1. The molecule has 1 N–H and O–H groups in total. The second kappa shape index (κ2) is 5.00. The molecule has 1 aromatic rings. The summed E-state index contributed by atoms with van der Waals surface area (Å²) in [6, 6.07) is 4.24. The van der Waals surface area contributed by atoms with Crippen molar-refractivity contribution in [3.8, 4) is 0 Å². The molecule has 1 aromatic heterocycles. The summed E-state index contributed by atoms with van der Waals surface area (Å²) >= 11 is 0. The van der Waals surface area contributed by atoms with Gasteiger partial charge >= 0.3 is 0 Å². The molecular weight excluding hydrogens is 240 g/mol. The molecule has 1 amide bonds. The van der Waals surface area contributed by atoms with Crippen molar-refractivity contribution >= 4 is 5.91 Å². The molecule has 2 aliphatic rings. The molecule has 1 saturated heterocycles. The van der Waals surface area contributed by atoms with E-state index in [1.807, 2.05) is 24.0 Å². The Kier molecular flexibility index (Phi) is 3.35. The van der Waals surface area contributed by atoms with Crippen molar-refractivity contribution in [3.63, 3.8) is 0 Å². The Hall–Kier alpha value is -1.29. The maximum absolute atomic E-state index is 12.8. The van der Waals surface area contributed by atoms with Gasteiger partial charge in [0.1, 0.15) is 5.76 Å². The summed E-state index contributed by atoms with van der Waals surface area (Å²) in [5.41, 5.74) is -0.382. The molecule has 0 spiro atoms. The molecule has 0 aromatic carbocycles. The predicted octanol–water partition coefficient (Wildman–Crippen LogP) is 2.30. The van der Waals surface area contributed by atoms with E-state index in [2.05, 4.69) is 5.32 Å². The zero-order valence-corrected chi connectivity index (χ0v) is 11.5. The number of rotatable bonds is 4. The van der Waals surface area contributed by atoms with E-state index in [1.165, 1.54) is 6.42 Å². The quantitative estimate of drug-likeness (QED) is 0.905. The highest BCUT2D eigenvalue weighted by molar-refractivity contribution is 5.86. The topological polar surface area (TPSA) is 45.5 Å². The van der Waals surface area contributed by atoms with Crippen molar-refractivity contribution < 1.29 is 9.21 Å². The monoisotopic (exact) mass is 262 g/mol. The summed E-state index contributed by atoms with van der Waals surface area (Å²) in [5, 5.41) is 3.42. The number of hydrogen-bond acceptors (Lipinski definition) is 3. The third-order valence-electron chi connectivity index (χ3n) is 4.25. The van der Waals surface area contributed by atoms with Crippen LogP contribution in [-0.2, 0) is 11.3 Å². The number of hydrogen-bond donors (Lipinski definition) is 1. The normalized spacial score (nSPS) is 27.2. The van der Waals surface area contributed by atoms with Crippen LogP contribution < -0.4 is 5.32 Å². The molecule has 4 nitrogen and oxygen atoms in total. The summed E-state index contributed by atoms with van der Waals surface area (Å²) in [6.45, 7) is 3.60. The van der Waals surface area contributed by atoms with Crippen LogP contribution in [0.25, 0.3) is 0 Å². The van der Waals surface area contributed by atoms with Crippen LogP contribution in [0.4, 0.5) is 0 Å². The van der Waals surface area contributed by atoms with Gasteiger partial charge in [0.05, 0.1) is 18.3 Å². The number of nitrogens with zero attached hydrogens (tertiary/aromatic N) is 1. The smallest absolute Gasteiger partial charge is 0.243 e. The van der Waals surface area contributed by atoms with Gasteiger partial charge in [-0.25, -0.2) is 0 Å². The van der Waals surface area contributed by atoms with Gasteiger partial charge in [0.2, 0.25) is 5.91 Å². The number of nitrogens with one attached hydrogen (secondary N) is 1. The van der Waals surface area contributed by atoms with Crippen LogP contribution in [0.1, 0.15) is 44.8 Å². The Balaban J connectivity index is 1.74. The molecule has 19 heavy (non-hydrogen) atoms. The van der Waals surface area contributed by atoms with E-state index in [1.54, 1.807) is 6.26 Å². The van der Waals surface area contributed by atoms with Crippen molar-refractivity contribution in [3.05, 3.63) is 24.2 Å². The van der Waals surface area contributed by atoms with Crippen LogP contribution in [0.3, 0.4) is 0 Å². The van der Waals surface area contributed by atoms with E-state index in [0.717, 1.165) is 38.0 Å². The highest BCUT2D eigenvalue weighted by atomic mass is 16.3. The highest BCUT2D eigenvalue weighted by Gasteiger charge is 2.42. The minimum absolute atomic E-state index is 0.242. The van der Waals surface area contributed by atoms with E-state index in [0.29, 0.717) is 12.6 Å². The SMILES string of the molecule is CC1(C(=O)N(Cc2ccco2)C2CC2)CCCCN1. The zero-order valence-electron chi connectivity index (χ0n) is 11.5. The van der Waals surface area contributed by atoms with Gasteiger partial charge in [-0.05, 0) is 57.7 Å². The molecule has 2 heterocycles. The largest absolute Gasteiger partial charge is 0.467 e. The zero-order chi connectivity index (χ0) is 13.3. The van der Waals surface area contributed by atoms with Crippen LogP contribution >= 0.6 is 0 Å². The predicted molar refractivity (Wildman–Crippen MR) is 72.5 cm³/mol. The van der Waals surface area contributed by atoms with Gasteiger partial charge in [0, 0.05) is 6.04 Å². The first kappa shape index (κ1) is 12.7. The van der Waals surface area contributed by atoms with Crippen LogP contribution in [0, 0.1) is 0 Å². The maximum atomic E-state index is 12.8. The Labute approximate surface area is 114 Å². The van der Waals surface area contributed by atoms with Gasteiger partial charge < -0.3 is 14.6 Å². The molecule has 2 fully saturated rings. The van der Waals surface area contributed by atoms with Gasteiger partial charge in [-0.3, -0.25) is 4.79 Å². The number of furan rings is 1. The molecule has 1 aliphatic carbocycles. The van der Waals surface area contributed by atoms with Crippen LogP contribution in [0.15, 0.2) is 22.8 Å². The van der Waals surface area contributed by atoms with E-state index in [4.69, 9.17) is 4.42 Å². The average Bonchev–Trinajstić information content (AvgIpc) is 3.13. The van der Waals surface area contributed by atoms with Gasteiger partial charge in [-0.15, -0.1) is 0 Å². The van der Waals surface area contributed by atoms with E-state index in [9.17, 15) is 4.79 Å². The Morgan fingerprint density at radius 3 is 2.95 bits per heavy atom. The van der Waals surface area contributed by atoms with E-state index < -0.39 is 0 Å². The fraction of sp³-hybridized carbons (Fsp3) is 0.667.